The Bertz CT molecular complexity index is 609. The van der Waals surface area contributed by atoms with Crippen LogP contribution >= 0.6 is 11.6 Å². The van der Waals surface area contributed by atoms with Gasteiger partial charge in [-0.2, -0.15) is 5.10 Å². The van der Waals surface area contributed by atoms with Crippen molar-refractivity contribution in [2.45, 2.75) is 25.9 Å². The van der Waals surface area contributed by atoms with E-state index in [1.54, 1.807) is 7.11 Å². The van der Waals surface area contributed by atoms with Crippen molar-refractivity contribution in [3.05, 3.63) is 40.5 Å². The Kier molecular flexibility index (Phi) is 3.94. The third-order valence-corrected chi connectivity index (χ3v) is 3.89. The second-order valence-electron chi connectivity index (χ2n) is 4.95. The molecular formula is C15H18ClN3O. The van der Waals surface area contributed by atoms with Gasteiger partial charge >= 0.3 is 0 Å². The first kappa shape index (κ1) is 13.5. The van der Waals surface area contributed by atoms with Gasteiger partial charge in [-0.05, 0) is 31.4 Å². The molecule has 1 N–H and O–H groups in total. The van der Waals surface area contributed by atoms with Crippen LogP contribution in [0.25, 0.3) is 5.69 Å². The molecule has 0 aliphatic carbocycles. The molecule has 106 valence electrons. The van der Waals surface area contributed by atoms with E-state index < -0.39 is 0 Å². The molecule has 0 unspecified atom stereocenters. The van der Waals surface area contributed by atoms with Crippen molar-refractivity contribution in [2.24, 2.45) is 0 Å². The predicted octanol–water partition coefficient (Wildman–Crippen LogP) is 3.42. The van der Waals surface area contributed by atoms with Crippen LogP contribution in [0, 0.1) is 0 Å². The standard InChI is InChI=1S/C15H18ClN3O/c1-20-10-13-11-6-4-5-9-17-15(11)19(18-13)14-8-3-2-7-12(14)16/h2-3,7-8,17H,4-6,9-10H2,1H3. The highest BCUT2D eigenvalue weighted by Gasteiger charge is 2.21. The molecule has 3 rings (SSSR count). The molecule has 0 saturated carbocycles. The summed E-state index contributed by atoms with van der Waals surface area (Å²) in [4.78, 5) is 0. The average molecular weight is 292 g/mol. The van der Waals surface area contributed by atoms with E-state index >= 15 is 0 Å². The number of anilines is 1. The van der Waals surface area contributed by atoms with Crippen molar-refractivity contribution in [3.8, 4) is 5.69 Å². The fourth-order valence-electron chi connectivity index (χ4n) is 2.62. The maximum atomic E-state index is 6.31. The number of rotatable bonds is 3. The van der Waals surface area contributed by atoms with Gasteiger partial charge in [-0.1, -0.05) is 23.7 Å². The smallest absolute Gasteiger partial charge is 0.133 e. The number of fused-ring (bicyclic) bond motifs is 1. The summed E-state index contributed by atoms with van der Waals surface area (Å²) in [6, 6.07) is 7.77. The van der Waals surface area contributed by atoms with Gasteiger partial charge in [0.15, 0.2) is 0 Å². The Hall–Kier alpha value is -1.52. The van der Waals surface area contributed by atoms with Crippen molar-refractivity contribution in [2.75, 3.05) is 19.0 Å². The van der Waals surface area contributed by atoms with Crippen molar-refractivity contribution >= 4 is 17.4 Å². The summed E-state index contributed by atoms with van der Waals surface area (Å²) < 4.78 is 7.19. The van der Waals surface area contributed by atoms with Crippen LogP contribution in [0.3, 0.4) is 0 Å². The van der Waals surface area contributed by atoms with Gasteiger partial charge < -0.3 is 10.1 Å². The van der Waals surface area contributed by atoms with Crippen molar-refractivity contribution in [1.29, 1.82) is 0 Å². The molecular weight excluding hydrogens is 274 g/mol. The number of ether oxygens (including phenoxy) is 1. The number of benzene rings is 1. The van der Waals surface area contributed by atoms with Gasteiger partial charge in [-0.25, -0.2) is 4.68 Å². The molecule has 0 saturated heterocycles. The van der Waals surface area contributed by atoms with Crippen LogP contribution in [-0.4, -0.2) is 23.4 Å². The SMILES string of the molecule is COCc1nn(-c2ccccc2Cl)c2c1CCCCN2. The lowest BCUT2D eigenvalue weighted by atomic mass is 10.1. The number of aromatic nitrogens is 2. The van der Waals surface area contributed by atoms with Crippen LogP contribution < -0.4 is 5.32 Å². The number of hydrogen-bond donors (Lipinski definition) is 1. The normalized spacial score (nSPS) is 14.5. The minimum atomic E-state index is 0.529. The van der Waals surface area contributed by atoms with E-state index in [1.165, 1.54) is 18.4 Å². The lowest BCUT2D eigenvalue weighted by Crippen LogP contribution is -2.07. The highest BCUT2D eigenvalue weighted by molar-refractivity contribution is 6.32. The topological polar surface area (TPSA) is 39.1 Å². The van der Waals surface area contributed by atoms with Crippen molar-refractivity contribution in [3.63, 3.8) is 0 Å². The zero-order chi connectivity index (χ0) is 13.9. The number of hydrogen-bond acceptors (Lipinski definition) is 3. The summed E-state index contributed by atoms with van der Waals surface area (Å²) >= 11 is 6.31. The highest BCUT2D eigenvalue weighted by Crippen LogP contribution is 2.30. The zero-order valence-electron chi connectivity index (χ0n) is 11.5. The van der Waals surface area contributed by atoms with Gasteiger partial charge in [0.25, 0.3) is 0 Å². The predicted molar refractivity (Wildman–Crippen MR) is 80.7 cm³/mol. The Morgan fingerprint density at radius 1 is 1.35 bits per heavy atom. The van der Waals surface area contributed by atoms with E-state index in [4.69, 9.17) is 21.4 Å². The first-order valence-corrected chi connectivity index (χ1v) is 7.27. The van der Waals surface area contributed by atoms with Crippen LogP contribution in [-0.2, 0) is 17.8 Å². The molecule has 2 heterocycles. The maximum absolute atomic E-state index is 6.31. The summed E-state index contributed by atoms with van der Waals surface area (Å²) in [5.74, 6) is 1.06. The molecule has 0 amide bonds. The van der Waals surface area contributed by atoms with Gasteiger partial charge in [0, 0.05) is 19.2 Å². The van der Waals surface area contributed by atoms with E-state index in [0.29, 0.717) is 11.6 Å². The van der Waals surface area contributed by atoms with Crippen LogP contribution in [0.5, 0.6) is 0 Å². The Labute approximate surface area is 123 Å². The maximum Gasteiger partial charge on any atom is 0.133 e. The van der Waals surface area contributed by atoms with E-state index in [-0.39, 0.29) is 0 Å². The number of nitrogens with one attached hydrogen (secondary N) is 1. The van der Waals surface area contributed by atoms with Gasteiger partial charge in [-0.15, -0.1) is 0 Å². The number of nitrogens with zero attached hydrogens (tertiary/aromatic N) is 2. The fraction of sp³-hybridized carbons (Fsp3) is 0.400. The highest BCUT2D eigenvalue weighted by atomic mass is 35.5. The molecule has 2 aromatic rings. The third-order valence-electron chi connectivity index (χ3n) is 3.57. The number of methoxy groups -OCH3 is 1. The van der Waals surface area contributed by atoms with Gasteiger partial charge in [0.05, 0.1) is 23.0 Å². The van der Waals surface area contributed by atoms with E-state index in [2.05, 4.69) is 5.32 Å². The van der Waals surface area contributed by atoms with Gasteiger partial charge in [0.2, 0.25) is 0 Å². The molecule has 20 heavy (non-hydrogen) atoms. The Morgan fingerprint density at radius 2 is 2.20 bits per heavy atom. The summed E-state index contributed by atoms with van der Waals surface area (Å²) in [7, 11) is 1.70. The second kappa shape index (κ2) is 5.85. The average Bonchev–Trinajstić information content (AvgIpc) is 2.64. The first-order chi connectivity index (χ1) is 9.81. The molecule has 1 aliphatic heterocycles. The third kappa shape index (κ3) is 2.41. The quantitative estimate of drug-likeness (QED) is 0.942. The van der Waals surface area contributed by atoms with Crippen LogP contribution in [0.4, 0.5) is 5.82 Å². The van der Waals surface area contributed by atoms with Crippen molar-refractivity contribution < 1.29 is 4.74 Å². The lowest BCUT2D eigenvalue weighted by molar-refractivity contribution is 0.180. The summed E-state index contributed by atoms with van der Waals surface area (Å²) in [5, 5.41) is 8.89. The number of para-hydroxylation sites is 1. The molecule has 0 fully saturated rings. The number of halogens is 1. The molecule has 1 aromatic carbocycles. The van der Waals surface area contributed by atoms with Crippen LogP contribution in [0.15, 0.2) is 24.3 Å². The van der Waals surface area contributed by atoms with Crippen LogP contribution in [0.2, 0.25) is 5.02 Å². The van der Waals surface area contributed by atoms with Crippen LogP contribution in [0.1, 0.15) is 24.1 Å². The largest absolute Gasteiger partial charge is 0.378 e. The molecule has 0 spiro atoms. The fourth-order valence-corrected chi connectivity index (χ4v) is 2.84. The van der Waals surface area contributed by atoms with E-state index in [9.17, 15) is 0 Å². The summed E-state index contributed by atoms with van der Waals surface area (Å²) in [6.45, 7) is 1.50. The summed E-state index contributed by atoms with van der Waals surface area (Å²) in [6.07, 6.45) is 3.38. The second-order valence-corrected chi connectivity index (χ2v) is 5.36. The van der Waals surface area contributed by atoms with Gasteiger partial charge in [-0.3, -0.25) is 0 Å². The molecule has 1 aliphatic rings. The molecule has 1 aromatic heterocycles. The lowest BCUT2D eigenvalue weighted by Gasteiger charge is -2.10. The molecule has 4 nitrogen and oxygen atoms in total. The monoisotopic (exact) mass is 291 g/mol. The minimum absolute atomic E-state index is 0.529. The van der Waals surface area contributed by atoms with Gasteiger partial charge in [0.1, 0.15) is 5.82 Å². The molecule has 5 heteroatoms. The van der Waals surface area contributed by atoms with E-state index in [1.807, 2.05) is 28.9 Å². The molecule has 0 radical (unpaired) electrons. The van der Waals surface area contributed by atoms with Crippen molar-refractivity contribution in [1.82, 2.24) is 9.78 Å². The first-order valence-electron chi connectivity index (χ1n) is 6.89. The molecule has 0 atom stereocenters. The minimum Gasteiger partial charge on any atom is -0.378 e. The molecule has 0 bridgehead atoms. The Balaban J connectivity index is 2.13. The Morgan fingerprint density at radius 3 is 3.00 bits per heavy atom. The zero-order valence-corrected chi connectivity index (χ0v) is 12.3. The van der Waals surface area contributed by atoms with E-state index in [0.717, 1.165) is 30.2 Å². The summed E-state index contributed by atoms with van der Waals surface area (Å²) in [5.41, 5.74) is 3.16.